The van der Waals surface area contributed by atoms with Crippen molar-refractivity contribution < 1.29 is 4.79 Å². The maximum absolute atomic E-state index is 12.6. The minimum absolute atomic E-state index is 0.0225. The van der Waals surface area contributed by atoms with Gasteiger partial charge in [0.25, 0.3) is 5.91 Å². The highest BCUT2D eigenvalue weighted by Gasteiger charge is 2.30. The van der Waals surface area contributed by atoms with Gasteiger partial charge < -0.3 is 5.32 Å². The normalized spacial score (nSPS) is 17.8. The van der Waals surface area contributed by atoms with Gasteiger partial charge in [-0.15, -0.1) is 11.3 Å². The zero-order valence-corrected chi connectivity index (χ0v) is 15.6. The van der Waals surface area contributed by atoms with E-state index in [1.54, 1.807) is 11.3 Å². The molecule has 2 aromatic rings. The van der Waals surface area contributed by atoms with Crippen LogP contribution in [0.4, 0.5) is 0 Å². The van der Waals surface area contributed by atoms with Crippen LogP contribution >= 0.6 is 27.3 Å². The number of carbonyl (C=O) groups is 1. The Bertz CT molecular complexity index is 653. The van der Waals surface area contributed by atoms with Crippen LogP contribution in [0.5, 0.6) is 0 Å². The maximum Gasteiger partial charge on any atom is 0.252 e. The minimum Gasteiger partial charge on any atom is -0.348 e. The van der Waals surface area contributed by atoms with Gasteiger partial charge in [0.15, 0.2) is 0 Å². The molecule has 0 spiro atoms. The van der Waals surface area contributed by atoms with E-state index in [0.29, 0.717) is 5.56 Å². The van der Waals surface area contributed by atoms with E-state index in [1.165, 1.54) is 17.7 Å². The van der Waals surface area contributed by atoms with Crippen LogP contribution in [0.15, 0.2) is 46.3 Å². The van der Waals surface area contributed by atoms with Gasteiger partial charge in [0.05, 0.1) is 11.6 Å². The minimum atomic E-state index is -0.0225. The average Bonchev–Trinajstić information content (AvgIpc) is 3.22. The number of nitrogens with one attached hydrogen (secondary N) is 1. The predicted octanol–water partition coefficient (Wildman–Crippen LogP) is 4.47. The molecule has 2 heterocycles. The Labute approximate surface area is 149 Å². The van der Waals surface area contributed by atoms with Gasteiger partial charge in [0.2, 0.25) is 0 Å². The molecule has 1 fully saturated rings. The summed E-state index contributed by atoms with van der Waals surface area (Å²) in [4.78, 5) is 16.4. The van der Waals surface area contributed by atoms with Crippen molar-refractivity contribution in [2.24, 2.45) is 0 Å². The van der Waals surface area contributed by atoms with E-state index < -0.39 is 0 Å². The lowest BCUT2D eigenvalue weighted by Gasteiger charge is -2.32. The molecule has 3 nitrogen and oxygen atoms in total. The number of hydrogen-bond acceptors (Lipinski definition) is 3. The third kappa shape index (κ3) is 3.84. The summed E-state index contributed by atoms with van der Waals surface area (Å²) in [6.45, 7) is 4.33. The summed E-state index contributed by atoms with van der Waals surface area (Å²) < 4.78 is 0.832. The van der Waals surface area contributed by atoms with Crippen LogP contribution in [0.1, 0.15) is 41.0 Å². The highest BCUT2D eigenvalue weighted by Crippen LogP contribution is 2.31. The monoisotopic (exact) mass is 392 g/mol. The molecule has 0 aliphatic carbocycles. The highest BCUT2D eigenvalue weighted by molar-refractivity contribution is 9.10. The first-order valence-electron chi connectivity index (χ1n) is 7.99. The summed E-state index contributed by atoms with van der Waals surface area (Å²) in [7, 11) is 0. The second-order valence-electron chi connectivity index (χ2n) is 5.95. The van der Waals surface area contributed by atoms with Gasteiger partial charge >= 0.3 is 0 Å². The first-order chi connectivity index (χ1) is 11.2. The van der Waals surface area contributed by atoms with Crippen LogP contribution in [-0.4, -0.2) is 29.9 Å². The Hall–Kier alpha value is -1.17. The zero-order valence-electron chi connectivity index (χ0n) is 13.2. The van der Waals surface area contributed by atoms with Gasteiger partial charge in [0, 0.05) is 15.4 Å². The van der Waals surface area contributed by atoms with Gasteiger partial charge in [-0.1, -0.05) is 18.2 Å². The van der Waals surface area contributed by atoms with Crippen LogP contribution in [0, 0.1) is 0 Å². The Balaban J connectivity index is 1.77. The molecule has 3 rings (SSSR count). The number of nitrogens with zero attached hydrogens (tertiary/aromatic N) is 1. The van der Waals surface area contributed by atoms with Gasteiger partial charge in [-0.3, -0.25) is 9.69 Å². The summed E-state index contributed by atoms with van der Waals surface area (Å²) >= 11 is 5.23. The van der Waals surface area contributed by atoms with Crippen molar-refractivity contribution in [2.75, 3.05) is 13.1 Å². The van der Waals surface area contributed by atoms with E-state index in [0.717, 1.165) is 17.6 Å². The van der Waals surface area contributed by atoms with Gasteiger partial charge in [0.1, 0.15) is 0 Å². The van der Waals surface area contributed by atoms with E-state index in [-0.39, 0.29) is 18.0 Å². The molecule has 0 saturated carbocycles. The van der Waals surface area contributed by atoms with E-state index in [9.17, 15) is 4.79 Å². The molecule has 0 bridgehead atoms. The molecular weight excluding hydrogens is 372 g/mol. The molecule has 1 saturated heterocycles. The molecule has 23 heavy (non-hydrogen) atoms. The van der Waals surface area contributed by atoms with Gasteiger partial charge in [-0.25, -0.2) is 0 Å². The van der Waals surface area contributed by atoms with E-state index in [2.05, 4.69) is 50.6 Å². The molecule has 2 atom stereocenters. The SMILES string of the molecule is C[C@H](NC(=O)c1ccccc1Br)[C@@H](c1cccs1)N1CCCC1. The molecule has 5 heteroatoms. The van der Waals surface area contributed by atoms with Crippen molar-refractivity contribution >= 4 is 33.2 Å². The van der Waals surface area contributed by atoms with Crippen LogP contribution in [0.3, 0.4) is 0 Å². The summed E-state index contributed by atoms with van der Waals surface area (Å²) in [6.07, 6.45) is 2.49. The fourth-order valence-corrected chi connectivity index (χ4v) is 4.66. The number of halogens is 1. The van der Waals surface area contributed by atoms with Crippen molar-refractivity contribution in [2.45, 2.75) is 31.8 Å². The van der Waals surface area contributed by atoms with Crippen molar-refractivity contribution in [1.82, 2.24) is 10.2 Å². The van der Waals surface area contributed by atoms with E-state index >= 15 is 0 Å². The number of hydrogen-bond donors (Lipinski definition) is 1. The molecule has 1 aromatic carbocycles. The second kappa shape index (κ2) is 7.60. The Kier molecular flexibility index (Phi) is 5.51. The lowest BCUT2D eigenvalue weighted by Crippen LogP contribution is -2.43. The Morgan fingerprint density at radius 2 is 1.96 bits per heavy atom. The smallest absolute Gasteiger partial charge is 0.252 e. The molecule has 122 valence electrons. The fraction of sp³-hybridized carbons (Fsp3) is 0.389. The molecular formula is C18H21BrN2OS. The Morgan fingerprint density at radius 3 is 2.61 bits per heavy atom. The lowest BCUT2D eigenvalue weighted by atomic mass is 10.1. The number of rotatable bonds is 5. The average molecular weight is 393 g/mol. The fourth-order valence-electron chi connectivity index (χ4n) is 3.23. The molecule has 0 unspecified atom stereocenters. The summed E-state index contributed by atoms with van der Waals surface area (Å²) in [5.41, 5.74) is 0.686. The van der Waals surface area contributed by atoms with Crippen LogP contribution in [-0.2, 0) is 0 Å². The van der Waals surface area contributed by atoms with Crippen molar-refractivity contribution in [1.29, 1.82) is 0 Å². The molecule has 1 aliphatic rings. The molecule has 0 radical (unpaired) electrons. The molecule has 1 aliphatic heterocycles. The third-order valence-electron chi connectivity index (χ3n) is 4.32. The van der Waals surface area contributed by atoms with Crippen LogP contribution < -0.4 is 5.32 Å². The molecule has 1 amide bonds. The largest absolute Gasteiger partial charge is 0.348 e. The highest BCUT2D eigenvalue weighted by atomic mass is 79.9. The van der Waals surface area contributed by atoms with Gasteiger partial charge in [-0.05, 0) is 72.4 Å². The van der Waals surface area contributed by atoms with Crippen molar-refractivity contribution in [3.05, 3.63) is 56.7 Å². The van der Waals surface area contributed by atoms with Gasteiger partial charge in [-0.2, -0.15) is 0 Å². The molecule has 1 N–H and O–H groups in total. The number of amides is 1. The van der Waals surface area contributed by atoms with Crippen LogP contribution in [0.2, 0.25) is 0 Å². The molecule has 1 aromatic heterocycles. The number of benzene rings is 1. The quantitative estimate of drug-likeness (QED) is 0.813. The number of thiophene rings is 1. The first kappa shape index (κ1) is 16.7. The van der Waals surface area contributed by atoms with Crippen LogP contribution in [0.25, 0.3) is 0 Å². The summed E-state index contributed by atoms with van der Waals surface area (Å²) in [6, 6.07) is 12.1. The number of likely N-dealkylation sites (tertiary alicyclic amines) is 1. The topological polar surface area (TPSA) is 32.3 Å². The van der Waals surface area contributed by atoms with E-state index in [1.807, 2.05) is 24.3 Å². The summed E-state index contributed by atoms with van der Waals surface area (Å²) in [5.74, 6) is -0.0225. The van der Waals surface area contributed by atoms with Crippen molar-refractivity contribution in [3.8, 4) is 0 Å². The number of carbonyl (C=O) groups excluding carboxylic acids is 1. The predicted molar refractivity (Wildman–Crippen MR) is 98.9 cm³/mol. The second-order valence-corrected chi connectivity index (χ2v) is 7.78. The lowest BCUT2D eigenvalue weighted by molar-refractivity contribution is 0.0907. The van der Waals surface area contributed by atoms with Crippen molar-refractivity contribution in [3.63, 3.8) is 0 Å². The maximum atomic E-state index is 12.6. The standard InChI is InChI=1S/C18H21BrN2OS/c1-13(20-18(22)14-7-2-3-8-15(14)19)17(16-9-6-12-23-16)21-10-4-5-11-21/h2-3,6-9,12-13,17H,4-5,10-11H2,1H3,(H,20,22)/t13-,17-/m0/s1. The zero-order chi connectivity index (χ0) is 16.2. The Morgan fingerprint density at radius 1 is 1.22 bits per heavy atom. The third-order valence-corrected chi connectivity index (χ3v) is 5.95. The summed E-state index contributed by atoms with van der Waals surface area (Å²) in [5, 5.41) is 5.31. The first-order valence-corrected chi connectivity index (χ1v) is 9.67. The van der Waals surface area contributed by atoms with E-state index in [4.69, 9.17) is 0 Å².